The summed E-state index contributed by atoms with van der Waals surface area (Å²) < 4.78 is 11.1. The number of nitrogens with zero attached hydrogens (tertiary/aromatic N) is 1. The molecule has 0 aliphatic carbocycles. The highest BCUT2D eigenvalue weighted by atomic mass is 35.5. The van der Waals surface area contributed by atoms with Gasteiger partial charge in [0.25, 0.3) is 0 Å². The van der Waals surface area contributed by atoms with Crippen LogP contribution in [0.1, 0.15) is 19.4 Å². The van der Waals surface area contributed by atoms with Gasteiger partial charge in [-0.2, -0.15) is 5.10 Å². The summed E-state index contributed by atoms with van der Waals surface area (Å²) in [5, 5.41) is 5.58. The van der Waals surface area contributed by atoms with E-state index in [1.165, 1.54) is 0 Å². The summed E-state index contributed by atoms with van der Waals surface area (Å²) in [6.07, 6.45) is 1.59. The second kappa shape index (κ2) is 9.02. The van der Waals surface area contributed by atoms with Gasteiger partial charge < -0.3 is 9.47 Å². The van der Waals surface area contributed by atoms with Gasteiger partial charge in [0, 0.05) is 10.6 Å². The minimum Gasteiger partial charge on any atom is -0.491 e. The molecule has 0 bridgehead atoms. The molecular weight excluding hydrogens is 371 g/mol. The zero-order chi connectivity index (χ0) is 17.5. The maximum Gasteiger partial charge on any atom is 0.160 e. The van der Waals surface area contributed by atoms with E-state index in [0.29, 0.717) is 45.3 Å². The third-order valence-corrected chi connectivity index (χ3v) is 3.85. The standard InChI is InChI=1S/C17H17Cl3N2O2/c1-3-23-16-11(9-14(19)17(15(16)20)24-4-2)10-21-22-13-7-5-12(18)6-8-13/h5-10,22H,3-4H2,1-2H3. The number of ether oxygens (including phenoxy) is 2. The lowest BCUT2D eigenvalue weighted by Gasteiger charge is -2.15. The van der Waals surface area contributed by atoms with Gasteiger partial charge in [-0.05, 0) is 44.2 Å². The van der Waals surface area contributed by atoms with Crippen molar-refractivity contribution in [1.29, 1.82) is 0 Å². The molecule has 2 aromatic carbocycles. The number of benzene rings is 2. The predicted octanol–water partition coefficient (Wildman–Crippen LogP) is 5.89. The molecule has 0 heterocycles. The van der Waals surface area contributed by atoms with E-state index in [0.717, 1.165) is 5.69 Å². The average Bonchev–Trinajstić information content (AvgIpc) is 2.56. The molecule has 1 N–H and O–H groups in total. The Labute approximate surface area is 156 Å². The molecule has 0 spiro atoms. The first-order chi connectivity index (χ1) is 11.6. The fraction of sp³-hybridized carbons (Fsp3) is 0.235. The molecule has 0 fully saturated rings. The first-order valence-corrected chi connectivity index (χ1v) is 8.52. The van der Waals surface area contributed by atoms with Crippen LogP contribution in [0.4, 0.5) is 5.69 Å². The van der Waals surface area contributed by atoms with Crippen LogP contribution in [-0.4, -0.2) is 19.4 Å². The molecule has 0 saturated carbocycles. The van der Waals surface area contributed by atoms with Crippen LogP contribution in [0.3, 0.4) is 0 Å². The van der Waals surface area contributed by atoms with E-state index in [1.807, 2.05) is 26.0 Å². The Morgan fingerprint density at radius 3 is 2.25 bits per heavy atom. The van der Waals surface area contributed by atoms with Crippen molar-refractivity contribution in [3.05, 3.63) is 51.0 Å². The number of hydrazone groups is 1. The monoisotopic (exact) mass is 386 g/mol. The van der Waals surface area contributed by atoms with E-state index in [-0.39, 0.29) is 0 Å². The van der Waals surface area contributed by atoms with Gasteiger partial charge in [-0.3, -0.25) is 5.43 Å². The summed E-state index contributed by atoms with van der Waals surface area (Å²) >= 11 is 18.4. The molecule has 24 heavy (non-hydrogen) atoms. The van der Waals surface area contributed by atoms with Gasteiger partial charge >= 0.3 is 0 Å². The number of rotatable bonds is 7. The van der Waals surface area contributed by atoms with Crippen LogP contribution in [-0.2, 0) is 0 Å². The van der Waals surface area contributed by atoms with E-state index < -0.39 is 0 Å². The van der Waals surface area contributed by atoms with Crippen molar-refractivity contribution >= 4 is 46.7 Å². The fourth-order valence-corrected chi connectivity index (χ4v) is 2.73. The Morgan fingerprint density at radius 1 is 1.00 bits per heavy atom. The molecule has 2 rings (SSSR count). The Bertz CT molecular complexity index is 719. The summed E-state index contributed by atoms with van der Waals surface area (Å²) in [4.78, 5) is 0. The minimum atomic E-state index is 0.333. The molecule has 0 radical (unpaired) electrons. The van der Waals surface area contributed by atoms with Gasteiger partial charge in [-0.1, -0.05) is 34.8 Å². The van der Waals surface area contributed by atoms with E-state index in [1.54, 1.807) is 24.4 Å². The first-order valence-electron chi connectivity index (χ1n) is 7.39. The van der Waals surface area contributed by atoms with Crippen molar-refractivity contribution < 1.29 is 9.47 Å². The van der Waals surface area contributed by atoms with E-state index in [2.05, 4.69) is 10.5 Å². The molecule has 128 valence electrons. The van der Waals surface area contributed by atoms with Crippen LogP contribution in [0.25, 0.3) is 0 Å². The summed E-state index contributed by atoms with van der Waals surface area (Å²) in [6, 6.07) is 8.89. The summed E-state index contributed by atoms with van der Waals surface area (Å²) in [5.74, 6) is 0.890. The lowest BCUT2D eigenvalue weighted by molar-refractivity contribution is 0.323. The number of hydrogen-bond acceptors (Lipinski definition) is 4. The largest absolute Gasteiger partial charge is 0.491 e. The van der Waals surface area contributed by atoms with Gasteiger partial charge in [-0.25, -0.2) is 0 Å². The summed E-state index contributed by atoms with van der Waals surface area (Å²) in [6.45, 7) is 4.64. The highest BCUT2D eigenvalue weighted by Gasteiger charge is 2.17. The van der Waals surface area contributed by atoms with Crippen LogP contribution in [0.15, 0.2) is 35.4 Å². The quantitative estimate of drug-likeness (QED) is 0.476. The Kier molecular flexibility index (Phi) is 7.03. The first kappa shape index (κ1) is 18.7. The second-order valence-electron chi connectivity index (χ2n) is 4.66. The molecule has 0 amide bonds. The van der Waals surface area contributed by atoms with Crippen LogP contribution in [0.5, 0.6) is 11.5 Å². The van der Waals surface area contributed by atoms with E-state index >= 15 is 0 Å². The molecule has 0 atom stereocenters. The predicted molar refractivity (Wildman–Crippen MR) is 101 cm³/mol. The Morgan fingerprint density at radius 2 is 1.62 bits per heavy atom. The normalized spacial score (nSPS) is 10.9. The molecular formula is C17H17Cl3N2O2. The van der Waals surface area contributed by atoms with Crippen molar-refractivity contribution in [3.63, 3.8) is 0 Å². The van der Waals surface area contributed by atoms with Gasteiger partial charge in [0.2, 0.25) is 0 Å². The van der Waals surface area contributed by atoms with Crippen LogP contribution in [0, 0.1) is 0 Å². The highest BCUT2D eigenvalue weighted by molar-refractivity contribution is 6.38. The topological polar surface area (TPSA) is 42.8 Å². The minimum absolute atomic E-state index is 0.333. The third kappa shape index (κ3) is 4.69. The van der Waals surface area contributed by atoms with E-state index in [4.69, 9.17) is 44.3 Å². The van der Waals surface area contributed by atoms with E-state index in [9.17, 15) is 0 Å². The second-order valence-corrected chi connectivity index (χ2v) is 5.88. The molecule has 0 aliphatic rings. The van der Waals surface area contributed by atoms with Crippen molar-refractivity contribution in [2.24, 2.45) is 5.10 Å². The zero-order valence-corrected chi connectivity index (χ0v) is 15.5. The fourth-order valence-electron chi connectivity index (χ4n) is 1.97. The van der Waals surface area contributed by atoms with Crippen molar-refractivity contribution in [2.75, 3.05) is 18.6 Å². The SMILES string of the molecule is CCOc1c(Cl)cc(C=NNc2ccc(Cl)cc2)c(OCC)c1Cl. The number of halogens is 3. The number of hydrogen-bond donors (Lipinski definition) is 1. The smallest absolute Gasteiger partial charge is 0.160 e. The van der Waals surface area contributed by atoms with Crippen LogP contribution >= 0.6 is 34.8 Å². The zero-order valence-electron chi connectivity index (χ0n) is 13.3. The number of nitrogens with one attached hydrogen (secondary N) is 1. The lowest BCUT2D eigenvalue weighted by atomic mass is 10.2. The average molecular weight is 388 g/mol. The maximum atomic E-state index is 6.36. The van der Waals surface area contributed by atoms with Gasteiger partial charge in [0.05, 0.1) is 30.1 Å². The molecule has 0 aliphatic heterocycles. The van der Waals surface area contributed by atoms with Crippen molar-refractivity contribution in [3.8, 4) is 11.5 Å². The molecule has 0 saturated heterocycles. The maximum absolute atomic E-state index is 6.36. The molecule has 2 aromatic rings. The summed E-state index contributed by atoms with van der Waals surface area (Å²) in [7, 11) is 0. The molecule has 7 heteroatoms. The van der Waals surface area contributed by atoms with Gasteiger partial charge in [0.15, 0.2) is 11.5 Å². The van der Waals surface area contributed by atoms with Gasteiger partial charge in [-0.15, -0.1) is 0 Å². The molecule has 4 nitrogen and oxygen atoms in total. The number of anilines is 1. The lowest BCUT2D eigenvalue weighted by Crippen LogP contribution is -2.02. The Balaban J connectivity index is 2.27. The van der Waals surface area contributed by atoms with Crippen LogP contribution in [0.2, 0.25) is 15.1 Å². The Hall–Kier alpha value is -1.62. The molecule has 0 aromatic heterocycles. The van der Waals surface area contributed by atoms with Crippen LogP contribution < -0.4 is 14.9 Å². The van der Waals surface area contributed by atoms with Crippen molar-refractivity contribution in [1.82, 2.24) is 0 Å². The third-order valence-electron chi connectivity index (χ3n) is 2.98. The van der Waals surface area contributed by atoms with Gasteiger partial charge in [0.1, 0.15) is 5.02 Å². The molecule has 0 unspecified atom stereocenters. The van der Waals surface area contributed by atoms with Crippen molar-refractivity contribution in [2.45, 2.75) is 13.8 Å². The summed E-state index contributed by atoms with van der Waals surface area (Å²) in [5.41, 5.74) is 4.36. The highest BCUT2D eigenvalue weighted by Crippen LogP contribution is 2.42.